The molecule has 0 radical (unpaired) electrons. The summed E-state index contributed by atoms with van der Waals surface area (Å²) in [5.41, 5.74) is 1.07. The molecule has 8 heteroatoms. The van der Waals surface area contributed by atoms with Gasteiger partial charge in [0.05, 0.1) is 24.5 Å². The van der Waals surface area contributed by atoms with Gasteiger partial charge in [0.25, 0.3) is 0 Å². The van der Waals surface area contributed by atoms with Crippen molar-refractivity contribution in [2.24, 2.45) is 0 Å². The van der Waals surface area contributed by atoms with Gasteiger partial charge in [0, 0.05) is 19.5 Å². The zero-order chi connectivity index (χ0) is 13.8. The van der Waals surface area contributed by atoms with E-state index in [9.17, 15) is 8.42 Å². The number of nitrogens with zero attached hydrogens (tertiary/aromatic N) is 2. The number of ether oxygens (including phenoxy) is 1. The van der Waals surface area contributed by atoms with E-state index < -0.39 is 10.0 Å². The molecule has 0 bridgehead atoms. The first kappa shape index (κ1) is 15.4. The summed E-state index contributed by atoms with van der Waals surface area (Å²) < 4.78 is 33.1. The van der Waals surface area contributed by atoms with Gasteiger partial charge in [0.15, 0.2) is 0 Å². The Morgan fingerprint density at radius 1 is 1.44 bits per heavy atom. The van der Waals surface area contributed by atoms with Gasteiger partial charge in [-0.2, -0.15) is 5.10 Å². The average Bonchev–Trinajstić information content (AvgIpc) is 2.55. The maximum absolute atomic E-state index is 12.1. The molecule has 0 aliphatic carbocycles. The molecule has 104 valence electrons. The summed E-state index contributed by atoms with van der Waals surface area (Å²) in [6.45, 7) is 4.44. The van der Waals surface area contributed by atoms with Crippen LogP contribution in [-0.2, 0) is 21.3 Å². The molecule has 1 N–H and O–H groups in total. The number of rotatable bonds is 7. The number of halogens is 1. The Labute approximate surface area is 112 Å². The van der Waals surface area contributed by atoms with Crippen LogP contribution in [0, 0.1) is 13.8 Å². The quantitative estimate of drug-likeness (QED) is 0.592. The van der Waals surface area contributed by atoms with Crippen LogP contribution in [0.5, 0.6) is 0 Å². The number of nitrogens with one attached hydrogen (secondary N) is 1. The second-order valence-corrected chi connectivity index (χ2v) is 5.88. The minimum Gasteiger partial charge on any atom is -0.383 e. The van der Waals surface area contributed by atoms with Gasteiger partial charge in [-0.25, -0.2) is 13.1 Å². The molecule has 1 aromatic heterocycles. The normalized spacial score (nSPS) is 12.0. The minimum absolute atomic E-state index is 0.226. The molecule has 1 rings (SSSR count). The third-order valence-electron chi connectivity index (χ3n) is 2.48. The molecule has 0 atom stereocenters. The monoisotopic (exact) mass is 295 g/mol. The van der Waals surface area contributed by atoms with Crippen molar-refractivity contribution in [3.63, 3.8) is 0 Å². The zero-order valence-corrected chi connectivity index (χ0v) is 12.3. The molecule has 0 aromatic carbocycles. The summed E-state index contributed by atoms with van der Waals surface area (Å²) in [5.74, 6) is 0.387. The summed E-state index contributed by atoms with van der Waals surface area (Å²) in [7, 11) is -2.03. The number of hydrogen-bond donors (Lipinski definition) is 1. The second-order valence-electron chi connectivity index (χ2n) is 3.80. The van der Waals surface area contributed by atoms with E-state index >= 15 is 0 Å². The third kappa shape index (κ3) is 3.44. The van der Waals surface area contributed by atoms with Crippen molar-refractivity contribution in [1.82, 2.24) is 14.5 Å². The van der Waals surface area contributed by atoms with Crippen molar-refractivity contribution in [3.8, 4) is 0 Å². The summed E-state index contributed by atoms with van der Waals surface area (Å²) in [6.07, 6.45) is 0. The van der Waals surface area contributed by atoms with Crippen molar-refractivity contribution >= 4 is 21.6 Å². The molecule has 18 heavy (non-hydrogen) atoms. The number of methoxy groups -OCH3 is 1. The van der Waals surface area contributed by atoms with Crippen LogP contribution in [0.2, 0.25) is 0 Å². The van der Waals surface area contributed by atoms with E-state index in [1.807, 2.05) is 0 Å². The van der Waals surface area contributed by atoms with E-state index in [0.717, 1.165) is 0 Å². The molecule has 0 aliphatic rings. The Kier molecular flexibility index (Phi) is 5.58. The maximum atomic E-state index is 12.1. The molecular formula is C10H18ClN3O3S. The zero-order valence-electron chi connectivity index (χ0n) is 10.7. The summed E-state index contributed by atoms with van der Waals surface area (Å²) in [5, 5.41) is 4.18. The molecule has 1 heterocycles. The highest BCUT2D eigenvalue weighted by Gasteiger charge is 2.23. The smallest absolute Gasteiger partial charge is 0.244 e. The maximum Gasteiger partial charge on any atom is 0.244 e. The molecule has 1 aromatic rings. The lowest BCUT2D eigenvalue weighted by atomic mass is 10.4. The van der Waals surface area contributed by atoms with Gasteiger partial charge in [0.2, 0.25) is 10.0 Å². The third-order valence-corrected chi connectivity index (χ3v) is 4.36. The van der Waals surface area contributed by atoms with Crippen LogP contribution in [0.3, 0.4) is 0 Å². The molecule has 0 aliphatic heterocycles. The highest BCUT2D eigenvalue weighted by atomic mass is 35.5. The lowest BCUT2D eigenvalue weighted by Crippen LogP contribution is -2.28. The number of aryl methyl sites for hydroxylation is 2. The first-order chi connectivity index (χ1) is 8.44. The molecule has 0 spiro atoms. The molecule has 0 amide bonds. The van der Waals surface area contributed by atoms with E-state index in [1.165, 1.54) is 7.11 Å². The van der Waals surface area contributed by atoms with Crippen LogP contribution in [0.4, 0.5) is 0 Å². The van der Waals surface area contributed by atoms with Crippen molar-refractivity contribution < 1.29 is 13.2 Å². The minimum atomic E-state index is -3.55. The van der Waals surface area contributed by atoms with E-state index in [2.05, 4.69) is 9.82 Å². The Balaban J connectivity index is 3.01. The number of hydrogen-bond acceptors (Lipinski definition) is 4. The fourth-order valence-corrected chi connectivity index (χ4v) is 3.30. The van der Waals surface area contributed by atoms with Crippen molar-refractivity contribution in [3.05, 3.63) is 11.4 Å². The van der Waals surface area contributed by atoms with E-state index in [1.54, 1.807) is 18.5 Å². The largest absolute Gasteiger partial charge is 0.383 e. The van der Waals surface area contributed by atoms with Gasteiger partial charge in [-0.15, -0.1) is 11.6 Å². The summed E-state index contributed by atoms with van der Waals surface area (Å²) in [4.78, 5) is 0.226. The van der Waals surface area contributed by atoms with Crippen molar-refractivity contribution in [2.75, 3.05) is 26.1 Å². The lowest BCUT2D eigenvalue weighted by molar-refractivity contribution is 0.204. The fourth-order valence-electron chi connectivity index (χ4n) is 1.72. The Hall–Kier alpha value is -0.630. The van der Waals surface area contributed by atoms with Gasteiger partial charge in [-0.3, -0.25) is 4.68 Å². The van der Waals surface area contributed by atoms with Crippen molar-refractivity contribution in [1.29, 1.82) is 0 Å². The molecule has 0 fully saturated rings. The SMILES string of the molecule is COCCNS(=O)(=O)c1c(C)nn(CCCl)c1C. The highest BCUT2D eigenvalue weighted by Crippen LogP contribution is 2.19. The molecule has 0 unspecified atom stereocenters. The Morgan fingerprint density at radius 2 is 2.11 bits per heavy atom. The van der Waals surface area contributed by atoms with Crippen LogP contribution in [0.1, 0.15) is 11.4 Å². The van der Waals surface area contributed by atoms with Crippen LogP contribution in [0.15, 0.2) is 4.90 Å². The molecule has 6 nitrogen and oxygen atoms in total. The predicted octanol–water partition coefficient (Wildman–Crippen LogP) is 0.663. The molecule has 0 saturated heterocycles. The summed E-state index contributed by atoms with van der Waals surface area (Å²) in [6, 6.07) is 0. The fraction of sp³-hybridized carbons (Fsp3) is 0.700. The molecule has 0 saturated carbocycles. The second kappa shape index (κ2) is 6.51. The number of sulfonamides is 1. The summed E-state index contributed by atoms with van der Waals surface area (Å²) >= 11 is 5.64. The first-order valence-corrected chi connectivity index (χ1v) is 7.54. The van der Waals surface area contributed by atoms with Crippen LogP contribution in [0.25, 0.3) is 0 Å². The lowest BCUT2D eigenvalue weighted by Gasteiger charge is -2.07. The Morgan fingerprint density at radius 3 is 2.67 bits per heavy atom. The van der Waals surface area contributed by atoms with E-state index in [-0.39, 0.29) is 11.4 Å². The number of alkyl halides is 1. The van der Waals surface area contributed by atoms with Gasteiger partial charge < -0.3 is 4.74 Å². The molecular weight excluding hydrogens is 278 g/mol. The number of aromatic nitrogens is 2. The topological polar surface area (TPSA) is 73.2 Å². The van der Waals surface area contributed by atoms with Gasteiger partial charge in [-0.05, 0) is 13.8 Å². The van der Waals surface area contributed by atoms with Gasteiger partial charge in [0.1, 0.15) is 4.90 Å². The standard InChI is InChI=1S/C10H18ClN3O3S/c1-8-10(9(2)14(13-8)6-4-11)18(15,16)12-5-7-17-3/h12H,4-7H2,1-3H3. The van der Waals surface area contributed by atoms with Crippen LogP contribution < -0.4 is 4.72 Å². The highest BCUT2D eigenvalue weighted by molar-refractivity contribution is 7.89. The predicted molar refractivity (Wildman–Crippen MR) is 69.5 cm³/mol. The van der Waals surface area contributed by atoms with Crippen LogP contribution >= 0.6 is 11.6 Å². The first-order valence-electron chi connectivity index (χ1n) is 5.52. The Bertz CT molecular complexity index is 499. The van der Waals surface area contributed by atoms with E-state index in [4.69, 9.17) is 16.3 Å². The van der Waals surface area contributed by atoms with E-state index in [0.29, 0.717) is 30.4 Å². The van der Waals surface area contributed by atoms with Crippen molar-refractivity contribution in [2.45, 2.75) is 25.3 Å². The van der Waals surface area contributed by atoms with Gasteiger partial charge in [-0.1, -0.05) is 0 Å². The van der Waals surface area contributed by atoms with Gasteiger partial charge >= 0.3 is 0 Å². The average molecular weight is 296 g/mol. The van der Waals surface area contributed by atoms with Crippen LogP contribution in [-0.4, -0.2) is 44.3 Å².